The van der Waals surface area contributed by atoms with Crippen LogP contribution in [-0.4, -0.2) is 40.3 Å². The van der Waals surface area contributed by atoms with Gasteiger partial charge in [0, 0.05) is 17.0 Å². The molecule has 0 aromatic heterocycles. The summed E-state index contributed by atoms with van der Waals surface area (Å²) in [4.78, 5) is 41.5. The normalized spacial score (nSPS) is 17.8. The minimum Gasteiger partial charge on any atom is -0.333 e. The zero-order valence-corrected chi connectivity index (χ0v) is 18.3. The van der Waals surface area contributed by atoms with Gasteiger partial charge in [-0.25, -0.2) is 8.78 Å². The van der Waals surface area contributed by atoms with Crippen molar-refractivity contribution in [1.82, 2.24) is 4.90 Å². The van der Waals surface area contributed by atoms with E-state index in [1.54, 1.807) is 60.7 Å². The lowest BCUT2D eigenvalue weighted by molar-refractivity contribution is -0.133. The molecule has 1 unspecified atom stereocenters. The first-order valence-electron chi connectivity index (χ1n) is 10.3. The maximum Gasteiger partial charge on any atom is 0.250 e. The van der Waals surface area contributed by atoms with Crippen LogP contribution in [0.3, 0.4) is 0 Å². The zero-order valence-electron chi connectivity index (χ0n) is 17.5. The lowest BCUT2D eigenvalue weighted by Gasteiger charge is -2.26. The fourth-order valence-electron chi connectivity index (χ4n) is 3.66. The van der Waals surface area contributed by atoms with E-state index < -0.39 is 28.2 Å². The minimum absolute atomic E-state index is 0.107. The highest BCUT2D eigenvalue weighted by Crippen LogP contribution is 2.42. The lowest BCUT2D eigenvalue weighted by Crippen LogP contribution is -2.48. The molecule has 1 saturated heterocycles. The number of rotatable bonds is 7. The monoisotopic (exact) mass is 466 g/mol. The molecule has 1 aliphatic heterocycles. The highest BCUT2D eigenvalue weighted by atomic mass is 32.2. The summed E-state index contributed by atoms with van der Waals surface area (Å²) in [6.45, 7) is -0.00214. The Morgan fingerprint density at radius 2 is 1.61 bits per heavy atom. The van der Waals surface area contributed by atoms with E-state index in [0.29, 0.717) is 10.5 Å². The molecule has 3 aromatic rings. The van der Waals surface area contributed by atoms with Crippen LogP contribution in [0.4, 0.5) is 14.5 Å². The predicted molar refractivity (Wildman–Crippen MR) is 122 cm³/mol. The Balaban J connectivity index is 1.62. The maximum absolute atomic E-state index is 14.2. The molecule has 1 fully saturated rings. The zero-order chi connectivity index (χ0) is 23.4. The van der Waals surface area contributed by atoms with Crippen LogP contribution in [0, 0.1) is 11.6 Å². The number of halogens is 2. The van der Waals surface area contributed by atoms with Crippen LogP contribution >= 0.6 is 11.8 Å². The van der Waals surface area contributed by atoms with Gasteiger partial charge in [0.15, 0.2) is 22.2 Å². The third-order valence-electron chi connectivity index (χ3n) is 5.40. The lowest BCUT2D eigenvalue weighted by atomic mass is 10.1. The van der Waals surface area contributed by atoms with E-state index in [0.717, 1.165) is 17.8 Å². The van der Waals surface area contributed by atoms with E-state index in [2.05, 4.69) is 5.32 Å². The first-order valence-corrected chi connectivity index (χ1v) is 11.1. The summed E-state index contributed by atoms with van der Waals surface area (Å²) in [7, 11) is 0. The highest BCUT2D eigenvalue weighted by Gasteiger charge is 2.54. The van der Waals surface area contributed by atoms with Gasteiger partial charge in [-0.15, -0.1) is 0 Å². The minimum atomic E-state index is -1.63. The second kappa shape index (κ2) is 9.54. The van der Waals surface area contributed by atoms with Gasteiger partial charge in [-0.2, -0.15) is 0 Å². The molecule has 0 spiro atoms. The standard InChI is InChI=1S/C25H20F2N2O3S/c26-19-12-7-13-20(22(19)27)28-23(31)25(33-18-10-5-2-6-11-18)14-15-29(24(25)32)16-21(30)17-8-3-1-4-9-17/h1-13H,14-16H2,(H,28,31). The van der Waals surface area contributed by atoms with E-state index in [-0.39, 0.29) is 31.0 Å². The van der Waals surface area contributed by atoms with Gasteiger partial charge >= 0.3 is 0 Å². The Hall–Kier alpha value is -3.52. The van der Waals surface area contributed by atoms with Gasteiger partial charge in [-0.05, 0) is 30.7 Å². The van der Waals surface area contributed by atoms with Gasteiger partial charge < -0.3 is 10.2 Å². The summed E-state index contributed by atoms with van der Waals surface area (Å²) in [5, 5.41) is 2.38. The summed E-state index contributed by atoms with van der Waals surface area (Å²) in [5.74, 6) is -3.87. The van der Waals surface area contributed by atoms with Crippen molar-refractivity contribution in [3.63, 3.8) is 0 Å². The first kappa shape index (κ1) is 22.7. The summed E-state index contributed by atoms with van der Waals surface area (Å²) >= 11 is 1.04. The van der Waals surface area contributed by atoms with Crippen LogP contribution in [0.5, 0.6) is 0 Å². The number of Topliss-reactive ketones (excluding diaryl/α,β-unsaturated/α-hetero) is 1. The topological polar surface area (TPSA) is 66.5 Å². The second-order valence-electron chi connectivity index (χ2n) is 7.56. The molecule has 1 heterocycles. The average molecular weight is 467 g/mol. The number of ketones is 1. The number of nitrogens with one attached hydrogen (secondary N) is 1. The van der Waals surface area contributed by atoms with Crippen molar-refractivity contribution >= 4 is 35.0 Å². The molecule has 4 rings (SSSR count). The van der Waals surface area contributed by atoms with Gasteiger partial charge in [-0.3, -0.25) is 14.4 Å². The number of anilines is 1. The number of carbonyl (C=O) groups is 3. The molecule has 168 valence electrons. The van der Waals surface area contributed by atoms with Gasteiger partial charge in [0.2, 0.25) is 5.91 Å². The summed E-state index contributed by atoms with van der Waals surface area (Å²) in [6, 6.07) is 20.9. The molecule has 0 bridgehead atoms. The number of nitrogens with zero attached hydrogens (tertiary/aromatic N) is 1. The predicted octanol–water partition coefficient (Wildman–Crippen LogP) is 4.55. The molecular formula is C25H20F2N2O3S. The molecule has 2 amide bonds. The van der Waals surface area contributed by atoms with Crippen LogP contribution in [0.15, 0.2) is 83.8 Å². The molecule has 8 heteroatoms. The number of hydrogen-bond acceptors (Lipinski definition) is 4. The number of likely N-dealkylation sites (tertiary alicyclic amines) is 1. The van der Waals surface area contributed by atoms with Gasteiger partial charge in [0.05, 0.1) is 12.2 Å². The van der Waals surface area contributed by atoms with Crippen molar-refractivity contribution < 1.29 is 23.2 Å². The SMILES string of the molecule is O=C(CN1CCC(Sc2ccccc2)(C(=O)Nc2cccc(F)c2F)C1=O)c1ccccc1. The quantitative estimate of drug-likeness (QED) is 0.410. The van der Waals surface area contributed by atoms with E-state index >= 15 is 0 Å². The Bertz CT molecular complexity index is 1190. The van der Waals surface area contributed by atoms with Gasteiger partial charge in [0.25, 0.3) is 5.91 Å². The Labute approximate surface area is 193 Å². The molecule has 0 saturated carbocycles. The molecule has 0 aliphatic carbocycles. The molecule has 1 aliphatic rings. The van der Waals surface area contributed by atoms with Gasteiger partial charge in [0.1, 0.15) is 0 Å². The fraction of sp³-hybridized carbons (Fsp3) is 0.160. The highest BCUT2D eigenvalue weighted by molar-refractivity contribution is 8.02. The number of hydrogen-bond donors (Lipinski definition) is 1. The van der Waals surface area contributed by atoms with Crippen molar-refractivity contribution in [2.75, 3.05) is 18.4 Å². The summed E-state index contributed by atoms with van der Waals surface area (Å²) in [5.41, 5.74) is 0.115. The third kappa shape index (κ3) is 4.66. The Morgan fingerprint density at radius 1 is 0.939 bits per heavy atom. The molecular weight excluding hydrogens is 446 g/mol. The molecule has 33 heavy (non-hydrogen) atoms. The molecule has 0 radical (unpaired) electrons. The summed E-state index contributed by atoms with van der Waals surface area (Å²) < 4.78 is 26.2. The largest absolute Gasteiger partial charge is 0.333 e. The van der Waals surface area contributed by atoms with E-state index in [1.165, 1.54) is 17.0 Å². The number of benzene rings is 3. The summed E-state index contributed by atoms with van der Waals surface area (Å²) in [6.07, 6.45) is 0.107. The van der Waals surface area contributed by atoms with Crippen molar-refractivity contribution in [3.8, 4) is 0 Å². The molecule has 1 N–H and O–H groups in total. The van der Waals surface area contributed by atoms with Crippen LogP contribution < -0.4 is 5.32 Å². The Kier molecular flexibility index (Phi) is 6.55. The molecule has 3 aromatic carbocycles. The van der Waals surface area contributed by atoms with Crippen LogP contribution in [0.2, 0.25) is 0 Å². The van der Waals surface area contributed by atoms with Crippen LogP contribution in [0.25, 0.3) is 0 Å². The van der Waals surface area contributed by atoms with Crippen molar-refractivity contribution in [2.24, 2.45) is 0 Å². The second-order valence-corrected chi connectivity index (χ2v) is 8.94. The van der Waals surface area contributed by atoms with Gasteiger partial charge in [-0.1, -0.05) is 66.4 Å². The van der Waals surface area contributed by atoms with Crippen LogP contribution in [-0.2, 0) is 9.59 Å². The number of carbonyl (C=O) groups excluding carboxylic acids is 3. The number of amides is 2. The van der Waals surface area contributed by atoms with Crippen LogP contribution in [0.1, 0.15) is 16.8 Å². The first-order chi connectivity index (χ1) is 15.9. The maximum atomic E-state index is 14.2. The van der Waals surface area contributed by atoms with Crippen molar-refractivity contribution in [1.29, 1.82) is 0 Å². The smallest absolute Gasteiger partial charge is 0.250 e. The average Bonchev–Trinajstić information content (AvgIpc) is 3.14. The van der Waals surface area contributed by atoms with E-state index in [1.807, 2.05) is 0 Å². The van der Waals surface area contributed by atoms with Crippen molar-refractivity contribution in [3.05, 3.63) is 96.1 Å². The number of thioether (sulfide) groups is 1. The molecule has 5 nitrogen and oxygen atoms in total. The Morgan fingerprint density at radius 3 is 2.30 bits per heavy atom. The third-order valence-corrected chi connectivity index (χ3v) is 6.82. The van der Waals surface area contributed by atoms with Crippen molar-refractivity contribution in [2.45, 2.75) is 16.1 Å². The van der Waals surface area contributed by atoms with E-state index in [9.17, 15) is 23.2 Å². The fourth-order valence-corrected chi connectivity index (χ4v) is 4.91. The van der Waals surface area contributed by atoms with E-state index in [4.69, 9.17) is 0 Å². The molecule has 1 atom stereocenters.